The Labute approximate surface area is 184 Å². The monoisotopic (exact) mass is 418 g/mol. The van der Waals surface area contributed by atoms with Gasteiger partial charge in [-0.3, -0.25) is 0 Å². The highest BCUT2D eigenvalue weighted by atomic mass is 16.3. The van der Waals surface area contributed by atoms with Gasteiger partial charge in [-0.1, -0.05) is 72.6 Å². The molecular weight excluding hydrogens is 372 g/mol. The normalized spacial score (nSPS) is 15.5. The number of benzene rings is 1. The van der Waals surface area contributed by atoms with Crippen molar-refractivity contribution in [3.63, 3.8) is 0 Å². The van der Waals surface area contributed by atoms with Gasteiger partial charge >= 0.3 is 0 Å². The first-order valence-corrected chi connectivity index (χ1v) is 12.4. The molecule has 172 valence electrons. The maximum atomic E-state index is 10.4. The Morgan fingerprint density at radius 2 is 1.37 bits per heavy atom. The highest BCUT2D eigenvalue weighted by Crippen LogP contribution is 2.49. The van der Waals surface area contributed by atoms with E-state index in [-0.39, 0.29) is 17.2 Å². The molecule has 0 spiro atoms. The molecule has 1 fully saturated rings. The van der Waals surface area contributed by atoms with Crippen molar-refractivity contribution in [3.05, 3.63) is 17.2 Å². The summed E-state index contributed by atoms with van der Waals surface area (Å²) in [6.07, 6.45) is 17.4. The smallest absolute Gasteiger partial charge is 0.161 e. The fourth-order valence-corrected chi connectivity index (χ4v) is 4.39. The maximum Gasteiger partial charge on any atom is 0.161 e. The molecule has 0 heterocycles. The van der Waals surface area contributed by atoms with Crippen molar-refractivity contribution in [2.24, 2.45) is 10.8 Å². The molecule has 0 saturated heterocycles. The molecule has 0 atom stereocenters. The van der Waals surface area contributed by atoms with E-state index < -0.39 is 0 Å². The van der Waals surface area contributed by atoms with Crippen molar-refractivity contribution < 1.29 is 15.3 Å². The first kappa shape index (κ1) is 24.9. The van der Waals surface area contributed by atoms with Crippen LogP contribution in [-0.2, 0) is 12.8 Å². The average Bonchev–Trinajstić information content (AvgIpc) is 3.43. The molecule has 3 nitrogen and oxygen atoms in total. The lowest BCUT2D eigenvalue weighted by Gasteiger charge is -2.22. The largest absolute Gasteiger partial charge is 0.508 e. The lowest BCUT2D eigenvalue weighted by atomic mass is 9.84. The quantitative estimate of drug-likeness (QED) is 0.153. The second-order valence-corrected chi connectivity index (χ2v) is 10.9. The molecule has 3 N–H and O–H groups in total. The van der Waals surface area contributed by atoms with Crippen LogP contribution in [0.5, 0.6) is 17.2 Å². The summed E-state index contributed by atoms with van der Waals surface area (Å²) in [7, 11) is 0. The molecule has 0 aliphatic heterocycles. The summed E-state index contributed by atoms with van der Waals surface area (Å²) < 4.78 is 0. The third-order valence-electron chi connectivity index (χ3n) is 7.52. The summed E-state index contributed by atoms with van der Waals surface area (Å²) in [5.41, 5.74) is 2.66. The van der Waals surface area contributed by atoms with Gasteiger partial charge in [0.2, 0.25) is 0 Å². The number of hydrogen-bond donors (Lipinski definition) is 3. The molecule has 2 rings (SSSR count). The van der Waals surface area contributed by atoms with E-state index in [1.165, 1.54) is 63.9 Å². The van der Waals surface area contributed by atoms with E-state index in [2.05, 4.69) is 27.7 Å². The summed E-state index contributed by atoms with van der Waals surface area (Å²) >= 11 is 0. The van der Waals surface area contributed by atoms with Crippen molar-refractivity contribution in [1.82, 2.24) is 0 Å². The molecular formula is C27H46O3. The Morgan fingerprint density at radius 3 is 1.97 bits per heavy atom. The van der Waals surface area contributed by atoms with Crippen LogP contribution in [0.4, 0.5) is 0 Å². The first-order chi connectivity index (χ1) is 14.2. The highest BCUT2D eigenvalue weighted by Gasteiger charge is 2.35. The van der Waals surface area contributed by atoms with Gasteiger partial charge in [-0.2, -0.15) is 0 Å². The van der Waals surface area contributed by atoms with Crippen molar-refractivity contribution in [3.8, 4) is 17.2 Å². The number of rotatable bonds is 15. The lowest BCUT2D eigenvalue weighted by Crippen LogP contribution is -2.08. The van der Waals surface area contributed by atoms with Gasteiger partial charge < -0.3 is 15.3 Å². The van der Waals surface area contributed by atoms with E-state index in [0.717, 1.165) is 49.7 Å². The fourth-order valence-electron chi connectivity index (χ4n) is 4.39. The van der Waals surface area contributed by atoms with Crippen LogP contribution < -0.4 is 0 Å². The van der Waals surface area contributed by atoms with Crippen LogP contribution in [0, 0.1) is 10.8 Å². The Kier molecular flexibility index (Phi) is 9.37. The average molecular weight is 419 g/mol. The highest BCUT2D eigenvalue weighted by molar-refractivity contribution is 5.55. The summed E-state index contributed by atoms with van der Waals surface area (Å²) in [5, 5.41) is 30.8. The SMILES string of the molecule is CCC(C)(C)CCCCCCc1c(O)c(O)cc(O)c1CCCCCCC1(C)CC1. The van der Waals surface area contributed by atoms with Gasteiger partial charge in [0, 0.05) is 17.2 Å². The van der Waals surface area contributed by atoms with Gasteiger partial charge in [0.15, 0.2) is 11.5 Å². The Balaban J connectivity index is 1.78. The van der Waals surface area contributed by atoms with Crippen molar-refractivity contribution in [2.75, 3.05) is 0 Å². The standard InChI is InChI=1S/C27H46O3/c1-5-26(2,3)16-12-8-6-11-15-22-21(23(28)20-24(29)25(22)30)14-10-7-9-13-17-27(4)18-19-27/h20,28-30H,5-19H2,1-4H3. The third-order valence-corrected chi connectivity index (χ3v) is 7.52. The minimum atomic E-state index is -0.200. The minimum Gasteiger partial charge on any atom is -0.508 e. The summed E-state index contributed by atoms with van der Waals surface area (Å²) in [6, 6.07) is 1.30. The predicted octanol–water partition coefficient (Wildman–Crippen LogP) is 8.03. The zero-order valence-corrected chi connectivity index (χ0v) is 20.0. The van der Waals surface area contributed by atoms with E-state index in [4.69, 9.17) is 0 Å². The molecule has 1 aromatic rings. The van der Waals surface area contributed by atoms with Crippen LogP contribution in [0.1, 0.15) is 122 Å². The number of phenolic OH excluding ortho intramolecular Hbond substituents is 3. The molecule has 1 saturated carbocycles. The molecule has 0 aromatic heterocycles. The van der Waals surface area contributed by atoms with Gasteiger partial charge in [-0.05, 0) is 62.2 Å². The predicted molar refractivity (Wildman–Crippen MR) is 126 cm³/mol. The van der Waals surface area contributed by atoms with E-state index in [9.17, 15) is 15.3 Å². The van der Waals surface area contributed by atoms with Gasteiger partial charge in [0.25, 0.3) is 0 Å². The number of aromatic hydroxyl groups is 3. The van der Waals surface area contributed by atoms with Crippen molar-refractivity contribution in [1.29, 1.82) is 0 Å². The van der Waals surface area contributed by atoms with E-state index in [0.29, 0.717) is 10.8 Å². The zero-order valence-electron chi connectivity index (χ0n) is 20.0. The molecule has 0 radical (unpaired) electrons. The van der Waals surface area contributed by atoms with Gasteiger partial charge in [0.1, 0.15) is 5.75 Å². The number of unbranched alkanes of at least 4 members (excludes halogenated alkanes) is 6. The second kappa shape index (κ2) is 11.3. The van der Waals surface area contributed by atoms with Crippen LogP contribution in [0.15, 0.2) is 6.07 Å². The number of phenols is 3. The van der Waals surface area contributed by atoms with Gasteiger partial charge in [0.05, 0.1) is 0 Å². The first-order valence-electron chi connectivity index (χ1n) is 12.4. The van der Waals surface area contributed by atoms with Gasteiger partial charge in [-0.25, -0.2) is 0 Å². The van der Waals surface area contributed by atoms with Crippen molar-refractivity contribution in [2.45, 2.75) is 124 Å². The van der Waals surface area contributed by atoms with Crippen LogP contribution in [0.2, 0.25) is 0 Å². The summed E-state index contributed by atoms with van der Waals surface area (Å²) in [6.45, 7) is 9.31. The Morgan fingerprint density at radius 1 is 0.800 bits per heavy atom. The van der Waals surface area contributed by atoms with Crippen molar-refractivity contribution >= 4 is 0 Å². The number of hydrogen-bond acceptors (Lipinski definition) is 3. The van der Waals surface area contributed by atoms with Crippen LogP contribution in [0.3, 0.4) is 0 Å². The van der Waals surface area contributed by atoms with E-state index >= 15 is 0 Å². The topological polar surface area (TPSA) is 60.7 Å². The van der Waals surface area contributed by atoms with Crippen LogP contribution >= 0.6 is 0 Å². The second-order valence-electron chi connectivity index (χ2n) is 10.9. The van der Waals surface area contributed by atoms with E-state index in [1.807, 2.05) is 0 Å². The summed E-state index contributed by atoms with van der Waals surface area (Å²) in [5.74, 6) is -0.0966. The summed E-state index contributed by atoms with van der Waals surface area (Å²) in [4.78, 5) is 0. The molecule has 0 amide bonds. The zero-order chi connectivity index (χ0) is 22.2. The molecule has 3 heteroatoms. The maximum absolute atomic E-state index is 10.4. The molecule has 1 aliphatic carbocycles. The fraction of sp³-hybridized carbons (Fsp3) is 0.778. The third kappa shape index (κ3) is 8.04. The molecule has 0 bridgehead atoms. The Bertz CT molecular complexity index is 659. The lowest BCUT2D eigenvalue weighted by molar-refractivity contribution is 0.307. The minimum absolute atomic E-state index is 0.0309. The molecule has 1 aromatic carbocycles. The molecule has 30 heavy (non-hydrogen) atoms. The van der Waals surface area contributed by atoms with Gasteiger partial charge in [-0.15, -0.1) is 0 Å². The Hall–Kier alpha value is -1.38. The molecule has 1 aliphatic rings. The molecule has 0 unspecified atom stereocenters. The van der Waals surface area contributed by atoms with Crippen LogP contribution in [0.25, 0.3) is 0 Å². The van der Waals surface area contributed by atoms with E-state index in [1.54, 1.807) is 0 Å². The van der Waals surface area contributed by atoms with Crippen LogP contribution in [-0.4, -0.2) is 15.3 Å².